The fraction of sp³-hybridized carbons (Fsp3) is 0.312. The first kappa shape index (κ1) is 17.2. The number of nitrogens with zero attached hydrogens (tertiary/aromatic N) is 3. The van der Waals surface area contributed by atoms with Gasteiger partial charge in [0.05, 0.1) is 6.54 Å². The van der Waals surface area contributed by atoms with Crippen LogP contribution >= 0.6 is 11.8 Å². The molecule has 0 spiro atoms. The minimum Gasteiger partial charge on any atom is -0.447 e. The second-order valence-corrected chi connectivity index (χ2v) is 6.43. The Labute approximate surface area is 149 Å². The van der Waals surface area contributed by atoms with Crippen molar-refractivity contribution in [2.24, 2.45) is 7.05 Å². The second-order valence-electron chi connectivity index (χ2n) is 5.37. The van der Waals surface area contributed by atoms with Crippen LogP contribution in [0.3, 0.4) is 0 Å². The van der Waals surface area contributed by atoms with Crippen molar-refractivity contribution in [2.45, 2.75) is 5.16 Å². The maximum absolute atomic E-state index is 12.0. The van der Waals surface area contributed by atoms with Crippen LogP contribution in [0.4, 0.5) is 21.0 Å². The summed E-state index contributed by atoms with van der Waals surface area (Å²) < 4.78 is 6.85. The monoisotopic (exact) mass is 361 g/mol. The van der Waals surface area contributed by atoms with Crippen molar-refractivity contribution in [1.29, 1.82) is 0 Å². The molecule has 25 heavy (non-hydrogen) atoms. The Morgan fingerprint density at radius 3 is 3.04 bits per heavy atom. The zero-order valence-electron chi connectivity index (χ0n) is 13.8. The summed E-state index contributed by atoms with van der Waals surface area (Å²) in [5, 5.41) is 6.47. The number of carbonyl (C=O) groups excluding carboxylic acids is 2. The van der Waals surface area contributed by atoms with E-state index in [0.29, 0.717) is 31.1 Å². The van der Waals surface area contributed by atoms with Crippen molar-refractivity contribution in [3.8, 4) is 0 Å². The molecular weight excluding hydrogens is 342 g/mol. The smallest absolute Gasteiger partial charge is 0.414 e. The minimum atomic E-state index is -0.368. The van der Waals surface area contributed by atoms with Gasteiger partial charge in [-0.1, -0.05) is 17.8 Å². The predicted octanol–water partition coefficient (Wildman–Crippen LogP) is 2.29. The van der Waals surface area contributed by atoms with Crippen LogP contribution in [0.2, 0.25) is 0 Å². The van der Waals surface area contributed by atoms with E-state index in [9.17, 15) is 9.59 Å². The number of aromatic nitrogens is 2. The standard InChI is InChI=1S/C16H19N5O3S/c1-20-7-5-18-15(20)25-10-6-17-14(22)19-12-3-2-4-13(11-12)21-8-9-24-16(21)23/h2-5,7,11H,6,8-10H2,1H3,(H2,17,19,22). The van der Waals surface area contributed by atoms with Gasteiger partial charge in [-0.05, 0) is 18.2 Å². The summed E-state index contributed by atoms with van der Waals surface area (Å²) in [6.07, 6.45) is 3.25. The third-order valence-corrected chi connectivity index (χ3v) is 4.63. The number of hydrogen-bond donors (Lipinski definition) is 2. The Balaban J connectivity index is 1.46. The quantitative estimate of drug-likeness (QED) is 0.609. The predicted molar refractivity (Wildman–Crippen MR) is 96.1 cm³/mol. The molecule has 2 heterocycles. The molecule has 2 N–H and O–H groups in total. The lowest BCUT2D eigenvalue weighted by atomic mass is 10.2. The van der Waals surface area contributed by atoms with E-state index in [1.54, 1.807) is 42.2 Å². The van der Waals surface area contributed by atoms with Gasteiger partial charge in [0.25, 0.3) is 0 Å². The highest BCUT2D eigenvalue weighted by molar-refractivity contribution is 7.99. The van der Waals surface area contributed by atoms with Crippen LogP contribution in [-0.2, 0) is 11.8 Å². The number of nitrogens with one attached hydrogen (secondary N) is 2. The third-order valence-electron chi connectivity index (χ3n) is 3.57. The summed E-state index contributed by atoms with van der Waals surface area (Å²) in [6.45, 7) is 1.41. The molecule has 1 saturated heterocycles. The van der Waals surface area contributed by atoms with E-state index >= 15 is 0 Å². The molecule has 1 aromatic heterocycles. The number of imidazole rings is 1. The van der Waals surface area contributed by atoms with E-state index < -0.39 is 0 Å². The molecule has 0 bridgehead atoms. The minimum absolute atomic E-state index is 0.290. The van der Waals surface area contributed by atoms with Gasteiger partial charge in [0.2, 0.25) is 0 Å². The first-order valence-electron chi connectivity index (χ1n) is 7.83. The highest BCUT2D eigenvalue weighted by Crippen LogP contribution is 2.22. The van der Waals surface area contributed by atoms with Crippen molar-refractivity contribution in [3.05, 3.63) is 36.7 Å². The molecule has 2 aromatic rings. The maximum atomic E-state index is 12.0. The fourth-order valence-corrected chi connectivity index (χ4v) is 3.14. The Morgan fingerprint density at radius 1 is 1.44 bits per heavy atom. The van der Waals surface area contributed by atoms with Gasteiger partial charge in [-0.15, -0.1) is 0 Å². The first-order valence-corrected chi connectivity index (χ1v) is 8.81. The fourth-order valence-electron chi connectivity index (χ4n) is 2.35. The topological polar surface area (TPSA) is 88.5 Å². The Hall–Kier alpha value is -2.68. The van der Waals surface area contributed by atoms with Gasteiger partial charge in [-0.3, -0.25) is 4.90 Å². The molecule has 1 fully saturated rings. The van der Waals surface area contributed by atoms with Gasteiger partial charge in [0, 0.05) is 43.1 Å². The number of aryl methyl sites for hydroxylation is 1. The van der Waals surface area contributed by atoms with Crippen LogP contribution in [0.5, 0.6) is 0 Å². The molecule has 0 saturated carbocycles. The lowest BCUT2D eigenvalue weighted by Crippen LogP contribution is -2.30. The Kier molecular flexibility index (Phi) is 5.44. The van der Waals surface area contributed by atoms with Crippen molar-refractivity contribution in [1.82, 2.24) is 14.9 Å². The largest absolute Gasteiger partial charge is 0.447 e. The van der Waals surface area contributed by atoms with Gasteiger partial charge >= 0.3 is 12.1 Å². The van der Waals surface area contributed by atoms with Crippen molar-refractivity contribution in [3.63, 3.8) is 0 Å². The Bertz CT molecular complexity index is 764. The molecule has 1 aliphatic heterocycles. The highest BCUT2D eigenvalue weighted by Gasteiger charge is 2.23. The number of hydrogen-bond acceptors (Lipinski definition) is 5. The molecule has 0 radical (unpaired) electrons. The molecular formula is C16H19N5O3S. The van der Waals surface area contributed by atoms with Crippen LogP contribution in [0.25, 0.3) is 0 Å². The van der Waals surface area contributed by atoms with Crippen molar-refractivity contribution < 1.29 is 14.3 Å². The van der Waals surface area contributed by atoms with E-state index in [1.807, 2.05) is 17.8 Å². The van der Waals surface area contributed by atoms with Gasteiger partial charge in [0.15, 0.2) is 5.16 Å². The Morgan fingerprint density at radius 2 is 2.32 bits per heavy atom. The number of carbonyl (C=O) groups is 2. The van der Waals surface area contributed by atoms with Crippen LogP contribution < -0.4 is 15.5 Å². The normalized spacial score (nSPS) is 13.6. The molecule has 0 atom stereocenters. The molecule has 3 amide bonds. The summed E-state index contributed by atoms with van der Waals surface area (Å²) in [4.78, 5) is 29.3. The van der Waals surface area contributed by atoms with Gasteiger partial charge < -0.3 is 19.9 Å². The van der Waals surface area contributed by atoms with Gasteiger partial charge in [-0.2, -0.15) is 0 Å². The van der Waals surface area contributed by atoms with Crippen LogP contribution in [0.1, 0.15) is 0 Å². The van der Waals surface area contributed by atoms with Crippen molar-refractivity contribution >= 4 is 35.3 Å². The van der Waals surface area contributed by atoms with E-state index in [-0.39, 0.29) is 12.1 Å². The average molecular weight is 361 g/mol. The number of amides is 3. The van der Waals surface area contributed by atoms with Crippen molar-refractivity contribution in [2.75, 3.05) is 35.7 Å². The number of benzene rings is 1. The number of urea groups is 1. The van der Waals surface area contributed by atoms with E-state index in [1.165, 1.54) is 4.90 Å². The number of ether oxygens (including phenoxy) is 1. The molecule has 0 aliphatic carbocycles. The summed E-state index contributed by atoms with van der Waals surface area (Å²) in [7, 11) is 1.93. The molecule has 1 aromatic carbocycles. The average Bonchev–Trinajstić information content (AvgIpc) is 3.20. The molecule has 9 heteroatoms. The van der Waals surface area contributed by atoms with Gasteiger partial charge in [-0.25, -0.2) is 14.6 Å². The number of cyclic esters (lactones) is 1. The van der Waals surface area contributed by atoms with Gasteiger partial charge in [0.1, 0.15) is 6.61 Å². The lowest BCUT2D eigenvalue weighted by molar-refractivity contribution is 0.181. The maximum Gasteiger partial charge on any atom is 0.414 e. The summed E-state index contributed by atoms with van der Waals surface area (Å²) in [6, 6.07) is 6.82. The number of anilines is 2. The third kappa shape index (κ3) is 4.44. The zero-order valence-corrected chi connectivity index (χ0v) is 14.6. The van der Waals surface area contributed by atoms with Crippen LogP contribution in [0.15, 0.2) is 41.8 Å². The number of rotatable bonds is 6. The van der Waals surface area contributed by atoms with E-state index in [0.717, 1.165) is 10.9 Å². The summed E-state index contributed by atoms with van der Waals surface area (Å²) >= 11 is 1.57. The molecule has 0 unspecified atom stereocenters. The van der Waals surface area contributed by atoms with Crippen LogP contribution in [-0.4, -0.2) is 47.1 Å². The molecule has 1 aliphatic rings. The number of thioether (sulfide) groups is 1. The zero-order chi connectivity index (χ0) is 17.6. The first-order chi connectivity index (χ1) is 12.1. The highest BCUT2D eigenvalue weighted by atomic mass is 32.2. The SMILES string of the molecule is Cn1ccnc1SCCNC(=O)Nc1cccc(N2CCOC2=O)c1. The van der Waals surface area contributed by atoms with E-state index in [2.05, 4.69) is 15.6 Å². The molecule has 8 nitrogen and oxygen atoms in total. The second kappa shape index (κ2) is 7.93. The molecule has 3 rings (SSSR count). The van der Waals surface area contributed by atoms with Crippen LogP contribution in [0, 0.1) is 0 Å². The van der Waals surface area contributed by atoms with E-state index in [4.69, 9.17) is 4.74 Å². The summed E-state index contributed by atoms with van der Waals surface area (Å²) in [5.41, 5.74) is 1.32. The molecule has 132 valence electrons. The summed E-state index contributed by atoms with van der Waals surface area (Å²) in [5.74, 6) is 0.720. The lowest BCUT2D eigenvalue weighted by Gasteiger charge is -2.14.